The van der Waals surface area contributed by atoms with E-state index < -0.39 is 20.7 Å². The normalized spacial score (nSPS) is 11.8. The molecule has 15 heavy (non-hydrogen) atoms. The summed E-state index contributed by atoms with van der Waals surface area (Å²) in [7, 11) is -4.74. The van der Waals surface area contributed by atoms with Crippen LogP contribution in [0.4, 0.5) is 3.89 Å². The van der Waals surface area contributed by atoms with Gasteiger partial charge in [0.05, 0.1) is 17.2 Å². The molecule has 0 aliphatic heterocycles. The monoisotopic (exact) mass is 228 g/mol. The maximum absolute atomic E-state index is 12.6. The Labute approximate surface area is 83.8 Å². The number of halogens is 1. The minimum absolute atomic E-state index is 0.216. The second-order valence-corrected chi connectivity index (χ2v) is 4.21. The van der Waals surface area contributed by atoms with Crippen LogP contribution >= 0.6 is 0 Å². The number of aromatic amines is 1. The van der Waals surface area contributed by atoms with Gasteiger partial charge in [0.25, 0.3) is 5.56 Å². The Balaban J connectivity index is 2.78. The van der Waals surface area contributed by atoms with E-state index in [1.165, 1.54) is 6.07 Å². The molecular formula is C8H5FN2O3S. The second-order valence-electron chi connectivity index (χ2n) is 2.86. The number of rotatable bonds is 1. The van der Waals surface area contributed by atoms with Gasteiger partial charge < -0.3 is 4.98 Å². The molecule has 78 valence electrons. The van der Waals surface area contributed by atoms with Crippen molar-refractivity contribution in [2.24, 2.45) is 0 Å². The summed E-state index contributed by atoms with van der Waals surface area (Å²) in [6, 6.07) is 3.41. The van der Waals surface area contributed by atoms with Crippen molar-refractivity contribution in [3.8, 4) is 0 Å². The molecule has 0 saturated carbocycles. The second kappa shape index (κ2) is 3.13. The number of fused-ring (bicyclic) bond motifs is 1. The molecule has 0 unspecified atom stereocenters. The largest absolute Gasteiger partial charge is 0.332 e. The summed E-state index contributed by atoms with van der Waals surface area (Å²) in [6.07, 6.45) is 0.997. The van der Waals surface area contributed by atoms with Gasteiger partial charge in [0.1, 0.15) is 4.90 Å². The van der Waals surface area contributed by atoms with Gasteiger partial charge in [-0.25, -0.2) is 4.98 Å². The molecule has 0 atom stereocenters. The highest BCUT2D eigenvalue weighted by Crippen LogP contribution is 2.16. The summed E-state index contributed by atoms with van der Waals surface area (Å²) in [6.45, 7) is 0. The first-order chi connectivity index (χ1) is 6.97. The summed E-state index contributed by atoms with van der Waals surface area (Å²) in [5, 5.41) is 0. The Morgan fingerprint density at radius 1 is 1.33 bits per heavy atom. The van der Waals surface area contributed by atoms with E-state index in [-0.39, 0.29) is 5.52 Å². The zero-order chi connectivity index (χ0) is 11.1. The van der Waals surface area contributed by atoms with E-state index >= 15 is 0 Å². The van der Waals surface area contributed by atoms with Gasteiger partial charge in [-0.3, -0.25) is 4.79 Å². The molecular weight excluding hydrogens is 223 g/mol. The van der Waals surface area contributed by atoms with Crippen molar-refractivity contribution >= 4 is 21.3 Å². The first kappa shape index (κ1) is 9.78. The standard InChI is InChI=1S/C8H5FN2O3S/c9-15(13,14)5-1-2-6-7(3-5)10-4-8(12)11-6/h1-4H,(H,11,12). The highest BCUT2D eigenvalue weighted by Gasteiger charge is 2.12. The van der Waals surface area contributed by atoms with Crippen LogP contribution in [0.3, 0.4) is 0 Å². The van der Waals surface area contributed by atoms with Crippen LogP contribution in [0.25, 0.3) is 11.0 Å². The van der Waals surface area contributed by atoms with Crippen LogP contribution in [0.15, 0.2) is 34.1 Å². The number of hydrogen-bond donors (Lipinski definition) is 1. The summed E-state index contributed by atoms with van der Waals surface area (Å²) in [4.78, 5) is 16.5. The minimum Gasteiger partial charge on any atom is -0.319 e. The molecule has 2 rings (SSSR count). The molecule has 0 aliphatic rings. The van der Waals surface area contributed by atoms with E-state index in [2.05, 4.69) is 9.97 Å². The van der Waals surface area contributed by atoms with E-state index in [9.17, 15) is 17.1 Å². The fourth-order valence-electron chi connectivity index (χ4n) is 1.17. The van der Waals surface area contributed by atoms with Crippen molar-refractivity contribution in [2.45, 2.75) is 4.90 Å². The third-order valence-corrected chi connectivity index (χ3v) is 2.65. The van der Waals surface area contributed by atoms with Gasteiger partial charge in [-0.1, -0.05) is 0 Å². The van der Waals surface area contributed by atoms with E-state index in [1.54, 1.807) is 0 Å². The van der Waals surface area contributed by atoms with E-state index in [0.717, 1.165) is 18.3 Å². The third kappa shape index (κ3) is 1.86. The molecule has 0 bridgehead atoms. The molecule has 2 aromatic rings. The highest BCUT2D eigenvalue weighted by molar-refractivity contribution is 7.86. The molecule has 0 saturated heterocycles. The lowest BCUT2D eigenvalue weighted by Gasteiger charge is -1.97. The summed E-state index contributed by atoms with van der Waals surface area (Å²) in [5.41, 5.74) is 0.168. The van der Waals surface area contributed by atoms with Gasteiger partial charge in [0.15, 0.2) is 0 Å². The lowest BCUT2D eigenvalue weighted by molar-refractivity contribution is 0.552. The molecule has 1 N–H and O–H groups in total. The zero-order valence-electron chi connectivity index (χ0n) is 7.27. The SMILES string of the molecule is O=c1cnc2cc(S(=O)(=O)F)ccc2[nH]1. The predicted molar refractivity (Wildman–Crippen MR) is 50.7 cm³/mol. The number of aromatic nitrogens is 2. The molecule has 1 aromatic heterocycles. The molecule has 0 aliphatic carbocycles. The lowest BCUT2D eigenvalue weighted by Crippen LogP contribution is -2.05. The van der Waals surface area contributed by atoms with Crippen molar-refractivity contribution in [3.63, 3.8) is 0 Å². The van der Waals surface area contributed by atoms with Crippen LogP contribution in [0.1, 0.15) is 0 Å². The molecule has 0 amide bonds. The van der Waals surface area contributed by atoms with Gasteiger partial charge in [-0.2, -0.15) is 8.42 Å². The zero-order valence-corrected chi connectivity index (χ0v) is 8.08. The van der Waals surface area contributed by atoms with Crippen molar-refractivity contribution in [3.05, 3.63) is 34.7 Å². The van der Waals surface area contributed by atoms with Crippen molar-refractivity contribution in [1.82, 2.24) is 9.97 Å². The Morgan fingerprint density at radius 3 is 2.73 bits per heavy atom. The van der Waals surface area contributed by atoms with Crippen LogP contribution in [-0.2, 0) is 10.2 Å². The van der Waals surface area contributed by atoms with Gasteiger partial charge in [0, 0.05) is 0 Å². The van der Waals surface area contributed by atoms with Crippen molar-refractivity contribution in [1.29, 1.82) is 0 Å². The van der Waals surface area contributed by atoms with Gasteiger partial charge in [0.2, 0.25) is 0 Å². The Kier molecular flexibility index (Phi) is 2.04. The van der Waals surface area contributed by atoms with E-state index in [0.29, 0.717) is 5.52 Å². The summed E-state index contributed by atoms with van der Waals surface area (Å²) >= 11 is 0. The Bertz CT molecular complexity index is 678. The van der Waals surface area contributed by atoms with Crippen LogP contribution in [0, 0.1) is 0 Å². The third-order valence-electron chi connectivity index (χ3n) is 1.83. The maximum atomic E-state index is 12.6. The average molecular weight is 228 g/mol. The van der Waals surface area contributed by atoms with Crippen molar-refractivity contribution < 1.29 is 12.3 Å². The Morgan fingerprint density at radius 2 is 2.07 bits per heavy atom. The Hall–Kier alpha value is -1.76. The van der Waals surface area contributed by atoms with Gasteiger partial charge >= 0.3 is 10.2 Å². The average Bonchev–Trinajstić information content (AvgIpc) is 2.15. The van der Waals surface area contributed by atoms with Gasteiger partial charge in [-0.15, -0.1) is 3.89 Å². The van der Waals surface area contributed by atoms with Crippen molar-refractivity contribution in [2.75, 3.05) is 0 Å². The molecule has 5 nitrogen and oxygen atoms in total. The quantitative estimate of drug-likeness (QED) is 0.724. The minimum atomic E-state index is -4.74. The topological polar surface area (TPSA) is 79.9 Å². The lowest BCUT2D eigenvalue weighted by atomic mass is 10.3. The van der Waals surface area contributed by atoms with Crippen LogP contribution in [0.2, 0.25) is 0 Å². The van der Waals surface area contributed by atoms with E-state index in [4.69, 9.17) is 0 Å². The van der Waals surface area contributed by atoms with Gasteiger partial charge in [-0.05, 0) is 18.2 Å². The first-order valence-electron chi connectivity index (χ1n) is 3.90. The fourth-order valence-corrected chi connectivity index (χ4v) is 1.65. The number of H-pyrrole nitrogens is 1. The van der Waals surface area contributed by atoms with Crippen LogP contribution in [0.5, 0.6) is 0 Å². The molecule has 0 spiro atoms. The van der Waals surface area contributed by atoms with Crippen LogP contribution < -0.4 is 5.56 Å². The molecule has 1 aromatic carbocycles. The predicted octanol–water partition coefficient (Wildman–Crippen LogP) is 0.581. The number of nitrogens with one attached hydrogen (secondary N) is 1. The molecule has 7 heteroatoms. The number of nitrogens with zero attached hydrogens (tertiary/aromatic N) is 1. The number of hydrogen-bond acceptors (Lipinski definition) is 4. The van der Waals surface area contributed by atoms with E-state index in [1.807, 2.05) is 0 Å². The fraction of sp³-hybridized carbons (Fsp3) is 0. The molecule has 0 fully saturated rings. The van der Waals surface area contributed by atoms with Crippen LogP contribution in [-0.4, -0.2) is 18.4 Å². The first-order valence-corrected chi connectivity index (χ1v) is 5.29. The summed E-state index contributed by atoms with van der Waals surface area (Å²) in [5.74, 6) is 0. The summed E-state index contributed by atoms with van der Waals surface area (Å²) < 4.78 is 33.8. The molecule has 0 radical (unpaired) electrons. The smallest absolute Gasteiger partial charge is 0.319 e. The maximum Gasteiger partial charge on any atom is 0.332 e. The number of benzene rings is 1. The molecule has 1 heterocycles. The highest BCUT2D eigenvalue weighted by atomic mass is 32.3.